The molecule has 132 valence electrons. The van der Waals surface area contributed by atoms with Gasteiger partial charge < -0.3 is 14.8 Å². The highest BCUT2D eigenvalue weighted by Crippen LogP contribution is 2.25. The summed E-state index contributed by atoms with van der Waals surface area (Å²) < 4.78 is 23.1. The van der Waals surface area contributed by atoms with Gasteiger partial charge in [0, 0.05) is 0 Å². The number of benzene rings is 1. The number of amides is 1. The first-order chi connectivity index (χ1) is 11.8. The quantitative estimate of drug-likeness (QED) is 0.793. The Labute approximate surface area is 152 Å². The van der Waals surface area contributed by atoms with Gasteiger partial charge in [-0.1, -0.05) is 23.2 Å². The number of aromatic nitrogens is 1. The van der Waals surface area contributed by atoms with E-state index in [1.165, 1.54) is 25.3 Å². The molecule has 0 aliphatic heterocycles. The van der Waals surface area contributed by atoms with Crippen LogP contribution < -0.4 is 10.1 Å². The zero-order valence-electron chi connectivity index (χ0n) is 13.2. The molecule has 0 atom stereocenters. The van der Waals surface area contributed by atoms with E-state index >= 15 is 0 Å². The van der Waals surface area contributed by atoms with Crippen LogP contribution in [-0.2, 0) is 9.53 Å². The van der Waals surface area contributed by atoms with Gasteiger partial charge in [0.2, 0.25) is 0 Å². The van der Waals surface area contributed by atoms with E-state index in [0.29, 0.717) is 10.7 Å². The van der Waals surface area contributed by atoms with Crippen LogP contribution in [0.25, 0.3) is 0 Å². The number of carbonyl (C=O) groups excluding carboxylic acids is 2. The van der Waals surface area contributed by atoms with E-state index in [0.717, 1.165) is 6.07 Å². The molecule has 6 nitrogen and oxygen atoms in total. The molecule has 0 unspecified atom stereocenters. The summed E-state index contributed by atoms with van der Waals surface area (Å²) in [4.78, 5) is 27.7. The lowest BCUT2D eigenvalue weighted by molar-refractivity contribution is -0.119. The van der Waals surface area contributed by atoms with Gasteiger partial charge in [-0.15, -0.1) is 0 Å². The highest BCUT2D eigenvalue weighted by atomic mass is 35.5. The van der Waals surface area contributed by atoms with Crippen molar-refractivity contribution in [2.24, 2.45) is 0 Å². The minimum absolute atomic E-state index is 0.00637. The molecule has 1 N–H and O–H groups in total. The Bertz CT molecular complexity index is 830. The number of hydrogen-bond donors (Lipinski definition) is 1. The van der Waals surface area contributed by atoms with Gasteiger partial charge in [0.1, 0.15) is 0 Å². The number of pyridine rings is 1. The Balaban J connectivity index is 1.97. The van der Waals surface area contributed by atoms with E-state index < -0.39 is 24.3 Å². The van der Waals surface area contributed by atoms with Gasteiger partial charge >= 0.3 is 5.97 Å². The summed E-state index contributed by atoms with van der Waals surface area (Å²) in [5.41, 5.74) is 0.427. The lowest BCUT2D eigenvalue weighted by Crippen LogP contribution is -2.22. The molecule has 0 saturated carbocycles. The Kier molecular flexibility index (Phi) is 6.17. The highest BCUT2D eigenvalue weighted by molar-refractivity contribution is 6.36. The molecule has 0 aliphatic carbocycles. The van der Waals surface area contributed by atoms with Crippen LogP contribution in [0.5, 0.6) is 5.75 Å². The van der Waals surface area contributed by atoms with E-state index in [2.05, 4.69) is 10.3 Å². The van der Waals surface area contributed by atoms with E-state index in [-0.39, 0.29) is 22.2 Å². The molecule has 1 heterocycles. The minimum atomic E-state index is -0.858. The smallest absolute Gasteiger partial charge is 0.338 e. The van der Waals surface area contributed by atoms with Gasteiger partial charge in [-0.3, -0.25) is 4.79 Å². The number of hydrogen-bond acceptors (Lipinski definition) is 5. The highest BCUT2D eigenvalue weighted by Gasteiger charge is 2.15. The number of anilines is 1. The summed E-state index contributed by atoms with van der Waals surface area (Å²) in [6, 6.07) is 5.00. The number of aryl methyl sites for hydroxylation is 1. The number of carbonyl (C=O) groups is 2. The standard InChI is InChI=1S/C16H13Cl2FN2O4/c1-8-10(17)6-11(18)15(20-8)21-14(22)7-25-16(23)9-3-4-13(24-2)12(19)5-9/h3-6H,7H2,1-2H3,(H,20,21,22). The fraction of sp³-hybridized carbons (Fsp3) is 0.188. The van der Waals surface area contributed by atoms with Crippen LogP contribution >= 0.6 is 23.2 Å². The lowest BCUT2D eigenvalue weighted by atomic mass is 10.2. The third kappa shape index (κ3) is 4.80. The molecule has 1 aromatic carbocycles. The summed E-state index contributed by atoms with van der Waals surface area (Å²) >= 11 is 11.8. The van der Waals surface area contributed by atoms with Gasteiger partial charge in [0.15, 0.2) is 24.0 Å². The minimum Gasteiger partial charge on any atom is -0.494 e. The second-order valence-electron chi connectivity index (χ2n) is 4.86. The molecule has 0 fully saturated rings. The number of nitrogens with zero attached hydrogens (tertiary/aromatic N) is 1. The average Bonchev–Trinajstić information content (AvgIpc) is 2.57. The van der Waals surface area contributed by atoms with Crippen LogP contribution in [0.15, 0.2) is 24.3 Å². The first-order valence-corrected chi connectivity index (χ1v) is 7.70. The summed E-state index contributed by atoms with van der Waals surface area (Å²) in [6.45, 7) is 1.05. The van der Waals surface area contributed by atoms with E-state index in [1.807, 2.05) is 0 Å². The molecule has 2 aromatic rings. The van der Waals surface area contributed by atoms with Crippen molar-refractivity contribution in [1.29, 1.82) is 0 Å². The SMILES string of the molecule is COc1ccc(C(=O)OCC(=O)Nc2nc(C)c(Cl)cc2Cl)cc1F. The Hall–Kier alpha value is -2.38. The van der Waals surface area contributed by atoms with Gasteiger partial charge in [0.25, 0.3) is 5.91 Å². The average molecular weight is 387 g/mol. The first-order valence-electron chi connectivity index (χ1n) is 6.95. The van der Waals surface area contributed by atoms with Crippen LogP contribution in [-0.4, -0.2) is 30.6 Å². The van der Waals surface area contributed by atoms with Crippen molar-refractivity contribution >= 4 is 40.9 Å². The molecule has 1 amide bonds. The zero-order chi connectivity index (χ0) is 18.6. The second kappa shape index (κ2) is 8.13. The molecule has 1 aromatic heterocycles. The van der Waals surface area contributed by atoms with E-state index in [9.17, 15) is 14.0 Å². The molecule has 0 spiro atoms. The number of rotatable bonds is 5. The predicted octanol–water partition coefficient (Wildman–Crippen LogP) is 3.64. The molecule has 25 heavy (non-hydrogen) atoms. The molecular weight excluding hydrogens is 374 g/mol. The molecule has 9 heteroatoms. The largest absolute Gasteiger partial charge is 0.494 e. The molecule has 0 bridgehead atoms. The third-order valence-corrected chi connectivity index (χ3v) is 3.76. The molecular formula is C16H13Cl2FN2O4. The maximum absolute atomic E-state index is 13.6. The van der Waals surface area contributed by atoms with Crippen molar-refractivity contribution < 1.29 is 23.5 Å². The molecule has 2 rings (SSSR count). The van der Waals surface area contributed by atoms with Crippen LogP contribution in [0.2, 0.25) is 10.0 Å². The number of nitrogens with one attached hydrogen (secondary N) is 1. The molecule has 0 radical (unpaired) electrons. The fourth-order valence-electron chi connectivity index (χ4n) is 1.82. The Morgan fingerprint density at radius 2 is 1.96 bits per heavy atom. The topological polar surface area (TPSA) is 77.5 Å². The third-order valence-electron chi connectivity index (χ3n) is 3.08. The summed E-state index contributed by atoms with van der Waals surface area (Å²) in [5, 5.41) is 2.91. The van der Waals surface area contributed by atoms with Gasteiger partial charge in [0.05, 0.1) is 28.4 Å². The van der Waals surface area contributed by atoms with Gasteiger partial charge in [-0.25, -0.2) is 14.2 Å². The van der Waals surface area contributed by atoms with Crippen molar-refractivity contribution in [3.8, 4) is 5.75 Å². The van der Waals surface area contributed by atoms with Crippen molar-refractivity contribution in [1.82, 2.24) is 4.98 Å². The summed E-state index contributed by atoms with van der Waals surface area (Å²) in [5.74, 6) is -2.14. The van der Waals surface area contributed by atoms with Gasteiger partial charge in [-0.2, -0.15) is 0 Å². The fourth-order valence-corrected chi connectivity index (χ4v) is 2.23. The number of methoxy groups -OCH3 is 1. The zero-order valence-corrected chi connectivity index (χ0v) is 14.7. The number of esters is 1. The molecule has 0 aliphatic rings. The second-order valence-corrected chi connectivity index (χ2v) is 5.67. The lowest BCUT2D eigenvalue weighted by Gasteiger charge is -2.09. The van der Waals surface area contributed by atoms with Crippen LogP contribution in [0.3, 0.4) is 0 Å². The summed E-state index contributed by atoms with van der Waals surface area (Å²) in [6.07, 6.45) is 0. The van der Waals surface area contributed by atoms with Crippen LogP contribution in [0.4, 0.5) is 10.2 Å². The Morgan fingerprint density at radius 1 is 1.24 bits per heavy atom. The van der Waals surface area contributed by atoms with Crippen LogP contribution in [0.1, 0.15) is 16.1 Å². The van der Waals surface area contributed by atoms with Crippen molar-refractivity contribution in [2.75, 3.05) is 19.0 Å². The maximum Gasteiger partial charge on any atom is 0.338 e. The van der Waals surface area contributed by atoms with Gasteiger partial charge in [-0.05, 0) is 31.2 Å². The van der Waals surface area contributed by atoms with E-state index in [1.54, 1.807) is 6.92 Å². The van der Waals surface area contributed by atoms with Crippen LogP contribution in [0, 0.1) is 12.7 Å². The van der Waals surface area contributed by atoms with Crippen molar-refractivity contribution in [3.05, 3.63) is 51.4 Å². The number of halogens is 3. The monoisotopic (exact) mass is 386 g/mol. The van der Waals surface area contributed by atoms with Crippen molar-refractivity contribution in [2.45, 2.75) is 6.92 Å². The predicted molar refractivity (Wildman–Crippen MR) is 90.9 cm³/mol. The number of ether oxygens (including phenoxy) is 2. The first kappa shape index (κ1) is 19.0. The summed E-state index contributed by atoms with van der Waals surface area (Å²) in [7, 11) is 1.30. The molecule has 0 saturated heterocycles. The van der Waals surface area contributed by atoms with Crippen molar-refractivity contribution in [3.63, 3.8) is 0 Å². The normalized spacial score (nSPS) is 10.3. The maximum atomic E-state index is 13.6. The van der Waals surface area contributed by atoms with E-state index in [4.69, 9.17) is 32.7 Å². The Morgan fingerprint density at radius 3 is 2.60 bits per heavy atom.